The summed E-state index contributed by atoms with van der Waals surface area (Å²) in [7, 11) is 0. The SMILES string of the molecule is CC1=CCC(C#N)(C#N)C(C#N)(C#N)C1=Nc1ccc(C)cc1. The molecule has 0 atom stereocenters. The molecule has 23 heavy (non-hydrogen) atoms. The van der Waals surface area contributed by atoms with Gasteiger partial charge in [0.15, 0.2) is 5.41 Å². The van der Waals surface area contributed by atoms with Crippen LogP contribution in [0, 0.1) is 63.1 Å². The number of allylic oxidation sites excluding steroid dienone is 2. The van der Waals surface area contributed by atoms with Gasteiger partial charge in [0.1, 0.15) is 0 Å². The van der Waals surface area contributed by atoms with Crippen LogP contribution in [0.25, 0.3) is 0 Å². The van der Waals surface area contributed by atoms with Gasteiger partial charge in [0.2, 0.25) is 5.41 Å². The zero-order valence-corrected chi connectivity index (χ0v) is 12.8. The van der Waals surface area contributed by atoms with Crippen molar-refractivity contribution in [2.45, 2.75) is 20.3 Å². The van der Waals surface area contributed by atoms with E-state index in [4.69, 9.17) is 0 Å². The molecule has 0 radical (unpaired) electrons. The molecule has 1 aliphatic carbocycles. The lowest BCUT2D eigenvalue weighted by Gasteiger charge is -2.35. The zero-order valence-electron chi connectivity index (χ0n) is 12.8. The third-order valence-electron chi connectivity index (χ3n) is 4.08. The van der Waals surface area contributed by atoms with Gasteiger partial charge < -0.3 is 0 Å². The molecule has 0 saturated carbocycles. The number of benzene rings is 1. The van der Waals surface area contributed by atoms with Crippen LogP contribution in [0.15, 0.2) is 40.9 Å². The van der Waals surface area contributed by atoms with Gasteiger partial charge in [-0.05, 0) is 31.6 Å². The van der Waals surface area contributed by atoms with Gasteiger partial charge in [-0.1, -0.05) is 23.8 Å². The largest absolute Gasteiger partial charge is 0.250 e. The molecule has 0 unspecified atom stereocenters. The predicted octanol–water partition coefficient (Wildman–Crippen LogP) is 3.48. The van der Waals surface area contributed by atoms with Gasteiger partial charge in [-0.25, -0.2) is 0 Å². The highest BCUT2D eigenvalue weighted by atomic mass is 14.8. The summed E-state index contributed by atoms with van der Waals surface area (Å²) in [6.07, 6.45) is 1.71. The van der Waals surface area contributed by atoms with Gasteiger partial charge in [0.05, 0.1) is 35.7 Å². The summed E-state index contributed by atoms with van der Waals surface area (Å²) in [6, 6.07) is 14.8. The van der Waals surface area contributed by atoms with Crippen molar-refractivity contribution >= 4 is 11.4 Å². The molecule has 0 amide bonds. The number of nitriles is 4. The fourth-order valence-corrected chi connectivity index (χ4v) is 2.58. The van der Waals surface area contributed by atoms with Crippen LogP contribution in [0.1, 0.15) is 18.9 Å². The van der Waals surface area contributed by atoms with E-state index < -0.39 is 10.8 Å². The molecule has 1 aromatic rings. The van der Waals surface area contributed by atoms with E-state index in [1.54, 1.807) is 25.1 Å². The molecular formula is C18H13N5. The zero-order chi connectivity index (χ0) is 17.1. The molecule has 5 heteroatoms. The minimum atomic E-state index is -1.92. The summed E-state index contributed by atoms with van der Waals surface area (Å²) in [5.41, 5.74) is -1.25. The monoisotopic (exact) mass is 299 g/mol. The van der Waals surface area contributed by atoms with E-state index in [1.807, 2.05) is 43.3 Å². The minimum Gasteiger partial charge on any atom is -0.250 e. The fourth-order valence-electron chi connectivity index (χ4n) is 2.58. The number of aliphatic imine (C=N–C) groups is 1. The van der Waals surface area contributed by atoms with Crippen molar-refractivity contribution < 1.29 is 0 Å². The van der Waals surface area contributed by atoms with E-state index in [-0.39, 0.29) is 12.1 Å². The first kappa shape index (κ1) is 16.0. The van der Waals surface area contributed by atoms with Gasteiger partial charge in [0, 0.05) is 6.42 Å². The lowest BCUT2D eigenvalue weighted by Crippen LogP contribution is -2.47. The van der Waals surface area contributed by atoms with Gasteiger partial charge in [0.25, 0.3) is 0 Å². The number of nitrogens with zero attached hydrogens (tertiary/aromatic N) is 5. The van der Waals surface area contributed by atoms with E-state index in [0.29, 0.717) is 11.3 Å². The first-order valence-electron chi connectivity index (χ1n) is 6.96. The highest BCUT2D eigenvalue weighted by Gasteiger charge is 2.59. The average molecular weight is 299 g/mol. The molecule has 1 aromatic carbocycles. The van der Waals surface area contributed by atoms with Gasteiger partial charge in [-0.2, -0.15) is 21.0 Å². The molecule has 0 bridgehead atoms. The Bertz CT molecular complexity index is 832. The van der Waals surface area contributed by atoms with Gasteiger partial charge in [-0.15, -0.1) is 0 Å². The van der Waals surface area contributed by atoms with Gasteiger partial charge in [-0.3, -0.25) is 4.99 Å². The van der Waals surface area contributed by atoms with E-state index in [9.17, 15) is 21.0 Å². The Morgan fingerprint density at radius 2 is 1.48 bits per heavy atom. The predicted molar refractivity (Wildman–Crippen MR) is 84.0 cm³/mol. The Morgan fingerprint density at radius 3 is 1.96 bits per heavy atom. The lowest BCUT2D eigenvalue weighted by molar-refractivity contribution is 0.386. The van der Waals surface area contributed by atoms with Crippen molar-refractivity contribution in [3.63, 3.8) is 0 Å². The fraction of sp³-hybridized carbons (Fsp3) is 0.278. The molecule has 0 saturated heterocycles. The third-order valence-corrected chi connectivity index (χ3v) is 4.08. The Labute approximate surface area is 135 Å². The summed E-state index contributed by atoms with van der Waals surface area (Å²) < 4.78 is 0. The molecule has 0 aliphatic heterocycles. The molecule has 0 heterocycles. The topological polar surface area (TPSA) is 108 Å². The van der Waals surface area contributed by atoms with Crippen molar-refractivity contribution in [2.24, 2.45) is 15.8 Å². The van der Waals surface area contributed by atoms with Crippen LogP contribution in [-0.2, 0) is 0 Å². The number of aryl methyl sites for hydroxylation is 1. The van der Waals surface area contributed by atoms with Crippen LogP contribution < -0.4 is 0 Å². The summed E-state index contributed by atoms with van der Waals surface area (Å²) in [5, 5.41) is 38.3. The summed E-state index contributed by atoms with van der Waals surface area (Å²) in [4.78, 5) is 4.43. The van der Waals surface area contributed by atoms with E-state index in [2.05, 4.69) is 4.99 Å². The minimum absolute atomic E-state index is 0.0276. The molecule has 0 aromatic heterocycles. The van der Waals surface area contributed by atoms with Crippen LogP contribution in [-0.4, -0.2) is 5.71 Å². The number of rotatable bonds is 1. The highest BCUT2D eigenvalue weighted by molar-refractivity contribution is 6.10. The standard InChI is InChI=1S/C18H13N5/c1-13-3-5-15(6-4-13)23-16-14(2)7-8-17(9-19,10-20)18(16,11-21)12-22/h3-7H,8H2,1-2H3. The normalized spacial score (nSPS) is 19.6. The smallest absolute Gasteiger partial charge is 0.217 e. The summed E-state index contributed by atoms with van der Waals surface area (Å²) >= 11 is 0. The van der Waals surface area contributed by atoms with Crippen molar-refractivity contribution in [3.8, 4) is 24.3 Å². The molecule has 0 fully saturated rings. The second-order valence-electron chi connectivity index (χ2n) is 5.49. The quantitative estimate of drug-likeness (QED) is 0.790. The van der Waals surface area contributed by atoms with Crippen molar-refractivity contribution in [1.82, 2.24) is 0 Å². The van der Waals surface area contributed by atoms with Crippen LogP contribution >= 0.6 is 0 Å². The van der Waals surface area contributed by atoms with Crippen molar-refractivity contribution in [3.05, 3.63) is 41.5 Å². The summed E-state index contributed by atoms with van der Waals surface area (Å²) in [5.74, 6) is 0. The maximum absolute atomic E-state index is 9.67. The van der Waals surface area contributed by atoms with E-state index in [1.165, 1.54) is 0 Å². The molecule has 2 rings (SSSR count). The second-order valence-corrected chi connectivity index (χ2v) is 5.49. The Kier molecular flexibility index (Phi) is 4.00. The molecule has 5 nitrogen and oxygen atoms in total. The average Bonchev–Trinajstić information content (AvgIpc) is 2.58. The van der Waals surface area contributed by atoms with Crippen LogP contribution in [0.4, 0.5) is 5.69 Å². The van der Waals surface area contributed by atoms with Crippen molar-refractivity contribution in [1.29, 1.82) is 21.0 Å². The van der Waals surface area contributed by atoms with Crippen LogP contribution in [0.2, 0.25) is 0 Å². The van der Waals surface area contributed by atoms with Crippen molar-refractivity contribution in [2.75, 3.05) is 0 Å². The maximum Gasteiger partial charge on any atom is 0.217 e. The first-order valence-corrected chi connectivity index (χ1v) is 6.96. The Morgan fingerprint density at radius 1 is 0.913 bits per heavy atom. The molecule has 0 N–H and O–H groups in total. The molecule has 0 spiro atoms. The Hall–Kier alpha value is -3.41. The lowest BCUT2D eigenvalue weighted by atomic mass is 9.58. The van der Waals surface area contributed by atoms with E-state index >= 15 is 0 Å². The maximum atomic E-state index is 9.67. The molecule has 1 aliphatic rings. The van der Waals surface area contributed by atoms with Crippen LogP contribution in [0.3, 0.4) is 0 Å². The number of hydrogen-bond acceptors (Lipinski definition) is 5. The molecular weight excluding hydrogens is 286 g/mol. The second kappa shape index (κ2) is 5.76. The van der Waals surface area contributed by atoms with Crippen LogP contribution in [0.5, 0.6) is 0 Å². The first-order chi connectivity index (χ1) is 11.0. The summed E-state index contributed by atoms with van der Waals surface area (Å²) in [6.45, 7) is 3.67. The highest BCUT2D eigenvalue weighted by Crippen LogP contribution is 2.48. The van der Waals surface area contributed by atoms with E-state index in [0.717, 1.165) is 5.56 Å². The Balaban J connectivity index is 2.77. The number of hydrogen-bond donors (Lipinski definition) is 0. The molecule has 110 valence electrons. The van der Waals surface area contributed by atoms with Gasteiger partial charge >= 0.3 is 0 Å². The third kappa shape index (κ3) is 2.26.